The summed E-state index contributed by atoms with van der Waals surface area (Å²) in [5.41, 5.74) is 0. The van der Waals surface area contributed by atoms with Crippen molar-refractivity contribution in [2.45, 2.75) is 70.7 Å². The maximum absolute atomic E-state index is 12.5. The summed E-state index contributed by atoms with van der Waals surface area (Å²) >= 11 is 0. The summed E-state index contributed by atoms with van der Waals surface area (Å²) in [5.74, 6) is 2.44. The molecule has 1 aliphatic heterocycles. The molecule has 0 radical (unpaired) electrons. The molecule has 0 amide bonds. The fourth-order valence-electron chi connectivity index (χ4n) is 5.55. The highest BCUT2D eigenvalue weighted by Gasteiger charge is 2.52. The molecule has 3 aliphatic carbocycles. The van der Waals surface area contributed by atoms with Crippen molar-refractivity contribution in [1.82, 2.24) is 0 Å². The summed E-state index contributed by atoms with van der Waals surface area (Å²) in [6.07, 6.45) is 7.76. The number of hydrogen-bond donors (Lipinski definition) is 0. The summed E-state index contributed by atoms with van der Waals surface area (Å²) in [4.78, 5) is 12.5. The van der Waals surface area contributed by atoms with Crippen LogP contribution in [-0.2, 0) is 19.0 Å². The highest BCUT2D eigenvalue weighted by atomic mass is 16.8. The van der Waals surface area contributed by atoms with Crippen LogP contribution in [0.3, 0.4) is 0 Å². The normalized spacial score (nSPS) is 44.8. The number of fused-ring (bicyclic) bond motifs is 2. The maximum atomic E-state index is 12.5. The number of ether oxygens (including phenoxy) is 3. The third-order valence-corrected chi connectivity index (χ3v) is 7.14. The maximum Gasteiger partial charge on any atom is 0.309 e. The topological polar surface area (TPSA) is 44.8 Å². The van der Waals surface area contributed by atoms with E-state index in [2.05, 4.69) is 13.8 Å². The van der Waals surface area contributed by atoms with Gasteiger partial charge in [0.2, 0.25) is 0 Å². The van der Waals surface area contributed by atoms with Crippen LogP contribution in [0.4, 0.5) is 0 Å². The Morgan fingerprint density at radius 3 is 2.61 bits per heavy atom. The Balaban J connectivity index is 1.26. The molecule has 0 aromatic carbocycles. The fraction of sp³-hybridized carbons (Fsp3) is 0.947. The summed E-state index contributed by atoms with van der Waals surface area (Å²) in [5, 5.41) is 0. The first kappa shape index (κ1) is 15.9. The lowest BCUT2D eigenvalue weighted by atomic mass is 9.76. The van der Waals surface area contributed by atoms with Crippen LogP contribution < -0.4 is 0 Å². The van der Waals surface area contributed by atoms with Crippen LogP contribution in [0.25, 0.3) is 0 Å². The van der Waals surface area contributed by atoms with Gasteiger partial charge < -0.3 is 14.2 Å². The van der Waals surface area contributed by atoms with Gasteiger partial charge in [-0.3, -0.25) is 4.79 Å². The minimum atomic E-state index is -0.369. The molecule has 1 spiro atoms. The van der Waals surface area contributed by atoms with Gasteiger partial charge in [-0.05, 0) is 49.4 Å². The summed E-state index contributed by atoms with van der Waals surface area (Å²) in [6.45, 7) is 5.57. The predicted molar refractivity (Wildman–Crippen MR) is 85.6 cm³/mol. The number of carbonyl (C=O) groups excluding carboxylic acids is 1. The highest BCUT2D eigenvalue weighted by Crippen LogP contribution is 2.55. The third-order valence-electron chi connectivity index (χ3n) is 7.14. The molecular formula is C19H30O4. The van der Waals surface area contributed by atoms with Crippen molar-refractivity contribution in [2.75, 3.05) is 13.2 Å². The molecule has 1 saturated heterocycles. The third kappa shape index (κ3) is 2.82. The van der Waals surface area contributed by atoms with Crippen LogP contribution in [0.5, 0.6) is 0 Å². The van der Waals surface area contributed by atoms with E-state index in [9.17, 15) is 4.79 Å². The van der Waals surface area contributed by atoms with Crippen molar-refractivity contribution >= 4 is 5.97 Å². The second-order valence-electron chi connectivity index (χ2n) is 8.37. The Kier molecular flexibility index (Phi) is 4.17. The van der Waals surface area contributed by atoms with Crippen molar-refractivity contribution in [3.63, 3.8) is 0 Å². The van der Waals surface area contributed by atoms with Gasteiger partial charge in [-0.2, -0.15) is 0 Å². The lowest BCUT2D eigenvalue weighted by molar-refractivity contribution is -0.193. The molecule has 130 valence electrons. The largest absolute Gasteiger partial charge is 0.463 e. The van der Waals surface area contributed by atoms with Crippen molar-refractivity contribution in [1.29, 1.82) is 0 Å². The van der Waals surface area contributed by atoms with Crippen LogP contribution in [-0.4, -0.2) is 31.1 Å². The van der Waals surface area contributed by atoms with E-state index < -0.39 is 0 Å². The van der Waals surface area contributed by atoms with E-state index in [4.69, 9.17) is 14.2 Å². The van der Waals surface area contributed by atoms with Crippen LogP contribution in [0, 0.1) is 29.6 Å². The second kappa shape index (κ2) is 6.03. The zero-order chi connectivity index (χ0) is 16.0. The van der Waals surface area contributed by atoms with Crippen LogP contribution in [0.15, 0.2) is 0 Å². The number of esters is 1. The molecule has 4 nitrogen and oxygen atoms in total. The smallest absolute Gasteiger partial charge is 0.309 e. The Bertz CT molecular complexity index is 454. The zero-order valence-electron chi connectivity index (χ0n) is 14.5. The van der Waals surface area contributed by atoms with E-state index in [1.165, 1.54) is 25.7 Å². The highest BCUT2D eigenvalue weighted by molar-refractivity contribution is 5.73. The number of rotatable bonds is 3. The molecular weight excluding hydrogens is 292 g/mol. The molecule has 4 heteroatoms. The predicted octanol–water partition coefficient (Wildman–Crippen LogP) is 3.53. The van der Waals surface area contributed by atoms with Gasteiger partial charge >= 0.3 is 5.97 Å². The Morgan fingerprint density at radius 2 is 1.91 bits per heavy atom. The molecule has 6 atom stereocenters. The average molecular weight is 322 g/mol. The molecule has 1 heterocycles. The quantitative estimate of drug-likeness (QED) is 0.746. The molecule has 4 aliphatic rings. The molecule has 0 aromatic rings. The second-order valence-corrected chi connectivity index (χ2v) is 8.37. The molecule has 0 N–H and O–H groups in total. The lowest BCUT2D eigenvalue weighted by Crippen LogP contribution is -2.35. The number of hydrogen-bond acceptors (Lipinski definition) is 4. The van der Waals surface area contributed by atoms with Gasteiger partial charge in [0.25, 0.3) is 0 Å². The SMILES string of the molecule is CC1C2CC(C(=O)OCC3COC4(CCCCC4)O3)C(C2)C1C. The van der Waals surface area contributed by atoms with E-state index in [0.717, 1.165) is 31.1 Å². The van der Waals surface area contributed by atoms with Gasteiger partial charge in [-0.1, -0.05) is 20.3 Å². The number of carbonyl (C=O) groups is 1. The first-order chi connectivity index (χ1) is 11.1. The van der Waals surface area contributed by atoms with Crippen molar-refractivity contribution in [3.8, 4) is 0 Å². The van der Waals surface area contributed by atoms with Crippen molar-refractivity contribution < 1.29 is 19.0 Å². The molecule has 23 heavy (non-hydrogen) atoms. The summed E-state index contributed by atoms with van der Waals surface area (Å²) in [6, 6.07) is 0. The summed E-state index contributed by atoms with van der Waals surface area (Å²) < 4.78 is 17.7. The average Bonchev–Trinajstić information content (AvgIpc) is 3.23. The zero-order valence-corrected chi connectivity index (χ0v) is 14.5. The van der Waals surface area contributed by atoms with E-state index in [0.29, 0.717) is 25.0 Å². The van der Waals surface area contributed by atoms with Gasteiger partial charge in [-0.15, -0.1) is 0 Å². The Hall–Kier alpha value is -0.610. The van der Waals surface area contributed by atoms with Crippen molar-refractivity contribution in [2.24, 2.45) is 29.6 Å². The Morgan fingerprint density at radius 1 is 1.13 bits per heavy atom. The van der Waals surface area contributed by atoms with Gasteiger partial charge in [-0.25, -0.2) is 0 Å². The summed E-state index contributed by atoms with van der Waals surface area (Å²) in [7, 11) is 0. The first-order valence-electron chi connectivity index (χ1n) is 9.56. The molecule has 0 aromatic heterocycles. The molecule has 4 rings (SSSR count). The van der Waals surface area contributed by atoms with Crippen LogP contribution >= 0.6 is 0 Å². The van der Waals surface area contributed by atoms with Gasteiger partial charge in [0, 0.05) is 12.8 Å². The molecule has 2 bridgehead atoms. The van der Waals surface area contributed by atoms with Crippen molar-refractivity contribution in [3.05, 3.63) is 0 Å². The Labute approximate surface area is 139 Å². The fourth-order valence-corrected chi connectivity index (χ4v) is 5.55. The van der Waals surface area contributed by atoms with E-state index in [1.807, 2.05) is 0 Å². The van der Waals surface area contributed by atoms with E-state index >= 15 is 0 Å². The standard InChI is InChI=1S/C19H30O4/c1-12-13(2)16-8-14(12)9-17(16)18(20)21-10-15-11-22-19(23-15)6-4-3-5-7-19/h12-17H,3-11H2,1-2H3. The van der Waals surface area contributed by atoms with Gasteiger partial charge in [0.15, 0.2) is 5.79 Å². The van der Waals surface area contributed by atoms with Crippen LogP contribution in [0.1, 0.15) is 58.8 Å². The lowest BCUT2D eigenvalue weighted by Gasteiger charge is -2.32. The molecule has 3 saturated carbocycles. The molecule has 6 unspecified atom stereocenters. The van der Waals surface area contributed by atoms with Gasteiger partial charge in [0.1, 0.15) is 12.7 Å². The minimum absolute atomic E-state index is 0.00411. The van der Waals surface area contributed by atoms with Crippen LogP contribution in [0.2, 0.25) is 0 Å². The minimum Gasteiger partial charge on any atom is -0.463 e. The first-order valence-corrected chi connectivity index (χ1v) is 9.56. The van der Waals surface area contributed by atoms with E-state index in [1.54, 1.807) is 0 Å². The van der Waals surface area contributed by atoms with E-state index in [-0.39, 0.29) is 23.8 Å². The molecule has 4 fully saturated rings. The van der Waals surface area contributed by atoms with Gasteiger partial charge in [0.05, 0.1) is 12.5 Å². The monoisotopic (exact) mass is 322 g/mol.